The molecular formula is C6H10O6S. The van der Waals surface area contributed by atoms with Crippen molar-refractivity contribution in [2.24, 2.45) is 0 Å². The van der Waals surface area contributed by atoms with E-state index in [-0.39, 0.29) is 0 Å². The molecule has 6 nitrogen and oxygen atoms in total. The van der Waals surface area contributed by atoms with Crippen LogP contribution < -0.4 is 0 Å². The maximum atomic E-state index is 9.20. The second kappa shape index (κ2) is 3.82. The lowest BCUT2D eigenvalue weighted by atomic mass is 9.99. The highest BCUT2D eigenvalue weighted by Crippen LogP contribution is 2.20. The lowest BCUT2D eigenvalue weighted by Gasteiger charge is -2.37. The van der Waals surface area contributed by atoms with E-state index in [9.17, 15) is 5.11 Å². The fourth-order valence-electron chi connectivity index (χ4n) is 1.07. The number of hydrogen-bond donors (Lipinski definition) is 5. The van der Waals surface area contributed by atoms with Gasteiger partial charge in [-0.3, -0.25) is 0 Å². The van der Waals surface area contributed by atoms with Gasteiger partial charge >= 0.3 is 0 Å². The zero-order valence-electron chi connectivity index (χ0n) is 6.44. The van der Waals surface area contributed by atoms with Gasteiger partial charge in [-0.15, -0.1) is 0 Å². The van der Waals surface area contributed by atoms with Crippen molar-refractivity contribution < 1.29 is 30.3 Å². The van der Waals surface area contributed by atoms with Crippen LogP contribution in [0.25, 0.3) is 0 Å². The van der Waals surface area contributed by atoms with Crippen LogP contribution in [0.1, 0.15) is 0 Å². The Balaban J connectivity index is 2.76. The van der Waals surface area contributed by atoms with E-state index >= 15 is 0 Å². The zero-order chi connectivity index (χ0) is 10.2. The van der Waals surface area contributed by atoms with Gasteiger partial charge in [0.15, 0.2) is 17.4 Å². The molecule has 0 spiro atoms. The molecule has 0 saturated carbocycles. The van der Waals surface area contributed by atoms with E-state index < -0.39 is 35.8 Å². The molecule has 1 rings (SSSR count). The molecule has 5 N–H and O–H groups in total. The van der Waals surface area contributed by atoms with E-state index in [0.717, 1.165) is 0 Å². The van der Waals surface area contributed by atoms with Gasteiger partial charge in [0.2, 0.25) is 0 Å². The SMILES string of the molecule is OC(=S)[C@H]1O[C@H](O)[C@H](O)[C@@H](O)[C@H]1O. The smallest absolute Gasteiger partial charge is 0.189 e. The number of rotatable bonds is 1. The van der Waals surface area contributed by atoms with Gasteiger partial charge in [-0.2, -0.15) is 0 Å². The van der Waals surface area contributed by atoms with Crippen LogP contribution in [-0.2, 0) is 4.74 Å². The summed E-state index contributed by atoms with van der Waals surface area (Å²) in [4.78, 5) is 0. The second-order valence-electron chi connectivity index (χ2n) is 2.76. The molecule has 0 amide bonds. The first kappa shape index (κ1) is 10.8. The minimum atomic E-state index is -1.67. The van der Waals surface area contributed by atoms with Crippen molar-refractivity contribution in [3.05, 3.63) is 0 Å². The molecule has 0 aromatic heterocycles. The molecule has 1 saturated heterocycles. The Morgan fingerprint density at radius 3 is 2.00 bits per heavy atom. The number of thiocarbonyl (C=S) groups is 1. The van der Waals surface area contributed by atoms with E-state index in [2.05, 4.69) is 17.0 Å². The van der Waals surface area contributed by atoms with Gasteiger partial charge in [0, 0.05) is 0 Å². The number of aliphatic hydroxyl groups excluding tert-OH is 5. The van der Waals surface area contributed by atoms with Crippen LogP contribution in [0.5, 0.6) is 0 Å². The summed E-state index contributed by atoms with van der Waals surface area (Å²) in [5.74, 6) is 0. The molecule has 76 valence electrons. The maximum absolute atomic E-state index is 9.20. The standard InChI is InChI=1S/C6H10O6S/c7-1-2(8)4(6(11)13)12-5(10)3(1)9/h1-5,7-10H,(H,11,13)/t1-,2+,3+,4-,5-/m0/s1. The molecule has 1 fully saturated rings. The van der Waals surface area contributed by atoms with Crippen molar-refractivity contribution in [3.63, 3.8) is 0 Å². The Labute approximate surface area is 79.0 Å². The minimum Gasteiger partial charge on any atom is -0.500 e. The summed E-state index contributed by atoms with van der Waals surface area (Å²) >= 11 is 4.30. The maximum Gasteiger partial charge on any atom is 0.189 e. The Morgan fingerprint density at radius 2 is 1.54 bits per heavy atom. The van der Waals surface area contributed by atoms with Gasteiger partial charge in [-0.05, 0) is 12.2 Å². The Kier molecular flexibility index (Phi) is 3.17. The highest BCUT2D eigenvalue weighted by Gasteiger charge is 2.44. The molecule has 0 unspecified atom stereocenters. The van der Waals surface area contributed by atoms with Gasteiger partial charge in [0.05, 0.1) is 0 Å². The van der Waals surface area contributed by atoms with Crippen molar-refractivity contribution in [1.82, 2.24) is 0 Å². The summed E-state index contributed by atoms with van der Waals surface area (Å²) in [6.07, 6.45) is -7.78. The number of ether oxygens (including phenoxy) is 1. The Hall–Kier alpha value is -0.310. The lowest BCUT2D eigenvalue weighted by molar-refractivity contribution is -0.268. The second-order valence-corrected chi connectivity index (χ2v) is 3.18. The third kappa shape index (κ3) is 1.96. The predicted molar refractivity (Wildman–Crippen MR) is 44.1 cm³/mol. The summed E-state index contributed by atoms with van der Waals surface area (Å²) in [5.41, 5.74) is 0. The first-order valence-corrected chi connectivity index (χ1v) is 3.96. The molecule has 1 aliphatic rings. The van der Waals surface area contributed by atoms with Gasteiger partial charge < -0.3 is 30.3 Å². The first-order chi connectivity index (χ1) is 5.95. The van der Waals surface area contributed by atoms with E-state index in [1.54, 1.807) is 0 Å². The Morgan fingerprint density at radius 1 is 1.00 bits per heavy atom. The van der Waals surface area contributed by atoms with Gasteiger partial charge in [0.1, 0.15) is 18.3 Å². The van der Waals surface area contributed by atoms with Crippen LogP contribution in [-0.4, -0.2) is 61.3 Å². The van der Waals surface area contributed by atoms with E-state index in [1.807, 2.05) is 0 Å². The number of hydrogen-bond acceptors (Lipinski definition) is 6. The van der Waals surface area contributed by atoms with Crippen molar-refractivity contribution >= 4 is 17.3 Å². The largest absolute Gasteiger partial charge is 0.500 e. The summed E-state index contributed by atoms with van der Waals surface area (Å²) in [6.45, 7) is 0. The third-order valence-electron chi connectivity index (χ3n) is 1.83. The van der Waals surface area contributed by atoms with Crippen molar-refractivity contribution in [3.8, 4) is 0 Å². The van der Waals surface area contributed by atoms with Crippen LogP contribution in [0.4, 0.5) is 0 Å². The van der Waals surface area contributed by atoms with E-state index in [4.69, 9.17) is 20.4 Å². The van der Waals surface area contributed by atoms with Gasteiger partial charge in [-0.25, -0.2) is 0 Å². The summed E-state index contributed by atoms with van der Waals surface area (Å²) in [7, 11) is 0. The molecule has 7 heteroatoms. The van der Waals surface area contributed by atoms with Crippen LogP contribution >= 0.6 is 12.2 Å². The first-order valence-electron chi connectivity index (χ1n) is 3.55. The van der Waals surface area contributed by atoms with Crippen molar-refractivity contribution in [2.45, 2.75) is 30.7 Å². The predicted octanol–water partition coefficient (Wildman–Crippen LogP) is -2.33. The molecule has 0 aliphatic carbocycles. The lowest BCUT2D eigenvalue weighted by Crippen LogP contribution is -2.59. The highest BCUT2D eigenvalue weighted by molar-refractivity contribution is 7.80. The summed E-state index contributed by atoms with van der Waals surface area (Å²) in [6, 6.07) is 0. The highest BCUT2D eigenvalue weighted by atomic mass is 32.1. The topological polar surface area (TPSA) is 110 Å². The average Bonchev–Trinajstić information content (AvgIpc) is 2.07. The summed E-state index contributed by atoms with van der Waals surface area (Å²) < 4.78 is 4.55. The molecule has 13 heavy (non-hydrogen) atoms. The minimum absolute atomic E-state index is 0.683. The Bertz CT molecular complexity index is 209. The summed E-state index contributed by atoms with van der Waals surface area (Å²) in [5, 5.41) is 44.4. The zero-order valence-corrected chi connectivity index (χ0v) is 7.26. The third-order valence-corrected chi connectivity index (χ3v) is 2.06. The molecule has 5 atom stereocenters. The van der Waals surface area contributed by atoms with Crippen LogP contribution in [0.2, 0.25) is 0 Å². The quantitative estimate of drug-likeness (QED) is 0.309. The van der Waals surface area contributed by atoms with Crippen molar-refractivity contribution in [2.75, 3.05) is 0 Å². The molecular weight excluding hydrogens is 200 g/mol. The van der Waals surface area contributed by atoms with Gasteiger partial charge in [-0.1, -0.05) is 0 Å². The molecule has 0 aromatic carbocycles. The van der Waals surface area contributed by atoms with Crippen molar-refractivity contribution in [1.29, 1.82) is 0 Å². The molecule has 1 aliphatic heterocycles. The molecule has 0 bridgehead atoms. The monoisotopic (exact) mass is 210 g/mol. The van der Waals surface area contributed by atoms with Crippen LogP contribution in [0.3, 0.4) is 0 Å². The fraction of sp³-hybridized carbons (Fsp3) is 0.833. The molecule has 0 aromatic rings. The average molecular weight is 210 g/mol. The fourth-order valence-corrected chi connectivity index (χ4v) is 1.26. The van der Waals surface area contributed by atoms with Gasteiger partial charge in [0.25, 0.3) is 0 Å². The van der Waals surface area contributed by atoms with Crippen LogP contribution in [0.15, 0.2) is 0 Å². The van der Waals surface area contributed by atoms with Crippen LogP contribution in [0, 0.1) is 0 Å². The van der Waals surface area contributed by atoms with E-state index in [0.29, 0.717) is 0 Å². The molecule has 0 radical (unpaired) electrons. The number of aliphatic hydroxyl groups is 5. The normalized spacial score (nSPS) is 46.0. The van der Waals surface area contributed by atoms with E-state index in [1.165, 1.54) is 0 Å². The molecule has 1 heterocycles.